The number of nitrogens with zero attached hydrogens (tertiary/aromatic N) is 3. The van der Waals surface area contributed by atoms with Crippen LogP contribution in [0.25, 0.3) is 5.65 Å². The molecular formula is C17H18N4O2. The largest absolute Gasteiger partial charge is 0.493 e. The molecule has 1 amide bonds. The van der Waals surface area contributed by atoms with Crippen LogP contribution in [0.1, 0.15) is 23.1 Å². The molecule has 6 nitrogen and oxygen atoms in total. The third-order valence-corrected chi connectivity index (χ3v) is 3.45. The molecule has 3 aromatic rings. The molecule has 1 N–H and O–H groups in total. The second-order valence-corrected chi connectivity index (χ2v) is 4.98. The van der Waals surface area contributed by atoms with E-state index in [0.717, 1.165) is 11.5 Å². The van der Waals surface area contributed by atoms with E-state index >= 15 is 0 Å². The fraction of sp³-hybridized carbons (Fsp3) is 0.235. The maximum absolute atomic E-state index is 12.3. The van der Waals surface area contributed by atoms with Gasteiger partial charge in [0, 0.05) is 19.2 Å². The SMILES string of the molecule is CCOc1ccccc1C(=O)NCCc1nnc2ccccn12. The highest BCUT2D eigenvalue weighted by Crippen LogP contribution is 2.17. The van der Waals surface area contributed by atoms with Crippen LogP contribution in [0.2, 0.25) is 0 Å². The molecule has 0 aliphatic heterocycles. The summed E-state index contributed by atoms with van der Waals surface area (Å²) in [4.78, 5) is 12.3. The summed E-state index contributed by atoms with van der Waals surface area (Å²) in [6.45, 7) is 2.90. The minimum atomic E-state index is -0.150. The van der Waals surface area contributed by atoms with Gasteiger partial charge < -0.3 is 10.1 Å². The van der Waals surface area contributed by atoms with Crippen molar-refractivity contribution in [3.05, 3.63) is 60.0 Å². The molecule has 6 heteroatoms. The van der Waals surface area contributed by atoms with E-state index in [4.69, 9.17) is 4.74 Å². The van der Waals surface area contributed by atoms with E-state index in [9.17, 15) is 4.79 Å². The number of para-hydroxylation sites is 1. The number of fused-ring (bicyclic) bond motifs is 1. The minimum Gasteiger partial charge on any atom is -0.493 e. The molecule has 0 aliphatic carbocycles. The molecule has 0 fully saturated rings. The first kappa shape index (κ1) is 15.0. The van der Waals surface area contributed by atoms with Crippen molar-refractivity contribution in [1.82, 2.24) is 19.9 Å². The number of carbonyl (C=O) groups is 1. The van der Waals surface area contributed by atoms with Gasteiger partial charge in [0.05, 0.1) is 12.2 Å². The highest BCUT2D eigenvalue weighted by Gasteiger charge is 2.12. The van der Waals surface area contributed by atoms with E-state index < -0.39 is 0 Å². The lowest BCUT2D eigenvalue weighted by atomic mass is 10.2. The lowest BCUT2D eigenvalue weighted by Gasteiger charge is -2.10. The van der Waals surface area contributed by atoms with Crippen molar-refractivity contribution in [1.29, 1.82) is 0 Å². The summed E-state index contributed by atoms with van der Waals surface area (Å²) in [6, 6.07) is 13.0. The monoisotopic (exact) mass is 310 g/mol. The molecule has 23 heavy (non-hydrogen) atoms. The number of aromatic nitrogens is 3. The third kappa shape index (κ3) is 3.31. The van der Waals surface area contributed by atoms with Crippen molar-refractivity contribution in [2.45, 2.75) is 13.3 Å². The fourth-order valence-corrected chi connectivity index (χ4v) is 2.38. The van der Waals surface area contributed by atoms with Crippen LogP contribution in [0.4, 0.5) is 0 Å². The average molecular weight is 310 g/mol. The van der Waals surface area contributed by atoms with E-state index in [0.29, 0.717) is 30.9 Å². The lowest BCUT2D eigenvalue weighted by Crippen LogP contribution is -2.26. The molecule has 0 atom stereocenters. The van der Waals surface area contributed by atoms with Gasteiger partial charge in [0.25, 0.3) is 5.91 Å². The topological polar surface area (TPSA) is 68.5 Å². The van der Waals surface area contributed by atoms with Gasteiger partial charge in [-0.2, -0.15) is 0 Å². The number of rotatable bonds is 6. The van der Waals surface area contributed by atoms with Crippen LogP contribution < -0.4 is 10.1 Å². The Hall–Kier alpha value is -2.89. The number of amides is 1. The summed E-state index contributed by atoms with van der Waals surface area (Å²) in [5.74, 6) is 1.27. The first-order valence-electron chi connectivity index (χ1n) is 7.58. The Morgan fingerprint density at radius 2 is 2.00 bits per heavy atom. The predicted molar refractivity (Wildman–Crippen MR) is 86.6 cm³/mol. The molecule has 0 bridgehead atoms. The lowest BCUT2D eigenvalue weighted by molar-refractivity contribution is 0.0950. The summed E-state index contributed by atoms with van der Waals surface area (Å²) < 4.78 is 7.40. The second-order valence-electron chi connectivity index (χ2n) is 4.98. The Morgan fingerprint density at radius 1 is 1.17 bits per heavy atom. The molecule has 2 aromatic heterocycles. The average Bonchev–Trinajstić information content (AvgIpc) is 2.99. The van der Waals surface area contributed by atoms with Crippen LogP contribution in [-0.2, 0) is 6.42 Å². The smallest absolute Gasteiger partial charge is 0.255 e. The number of hydrogen-bond acceptors (Lipinski definition) is 4. The molecule has 0 spiro atoms. The minimum absolute atomic E-state index is 0.150. The van der Waals surface area contributed by atoms with Gasteiger partial charge in [0.1, 0.15) is 11.6 Å². The first-order chi connectivity index (χ1) is 11.3. The molecule has 118 valence electrons. The van der Waals surface area contributed by atoms with Crippen LogP contribution in [0.5, 0.6) is 5.75 Å². The fourth-order valence-electron chi connectivity index (χ4n) is 2.38. The Balaban J connectivity index is 1.63. The normalized spacial score (nSPS) is 10.7. The predicted octanol–water partition coefficient (Wildman–Crippen LogP) is 2.10. The van der Waals surface area contributed by atoms with Crippen molar-refractivity contribution in [2.24, 2.45) is 0 Å². The second kappa shape index (κ2) is 6.91. The van der Waals surface area contributed by atoms with E-state index in [2.05, 4.69) is 15.5 Å². The molecule has 0 aliphatic rings. The zero-order chi connectivity index (χ0) is 16.1. The molecule has 0 unspecified atom stereocenters. The van der Waals surface area contributed by atoms with Gasteiger partial charge in [-0.1, -0.05) is 18.2 Å². The molecule has 0 saturated heterocycles. The van der Waals surface area contributed by atoms with Gasteiger partial charge >= 0.3 is 0 Å². The Kier molecular flexibility index (Phi) is 4.52. The Bertz CT molecular complexity index is 813. The van der Waals surface area contributed by atoms with Crippen molar-refractivity contribution < 1.29 is 9.53 Å². The molecule has 3 rings (SSSR count). The number of hydrogen-bond donors (Lipinski definition) is 1. The van der Waals surface area contributed by atoms with Gasteiger partial charge in [0.2, 0.25) is 0 Å². The summed E-state index contributed by atoms with van der Waals surface area (Å²) in [5.41, 5.74) is 1.34. The number of carbonyl (C=O) groups excluding carboxylic acids is 1. The van der Waals surface area contributed by atoms with Crippen molar-refractivity contribution in [2.75, 3.05) is 13.2 Å². The van der Waals surface area contributed by atoms with Crippen LogP contribution in [0.15, 0.2) is 48.7 Å². The molecule has 2 heterocycles. The Labute approximate surface area is 134 Å². The van der Waals surface area contributed by atoms with Gasteiger partial charge in [-0.15, -0.1) is 10.2 Å². The van der Waals surface area contributed by atoms with E-state index in [1.807, 2.05) is 47.9 Å². The zero-order valence-electron chi connectivity index (χ0n) is 12.9. The van der Waals surface area contributed by atoms with Crippen LogP contribution in [0, 0.1) is 0 Å². The van der Waals surface area contributed by atoms with Crippen LogP contribution in [-0.4, -0.2) is 33.7 Å². The number of benzene rings is 1. The molecule has 0 saturated carbocycles. The van der Waals surface area contributed by atoms with Gasteiger partial charge in [-0.25, -0.2) is 0 Å². The van der Waals surface area contributed by atoms with Crippen molar-refractivity contribution in [3.8, 4) is 5.75 Å². The van der Waals surface area contributed by atoms with Crippen LogP contribution in [0.3, 0.4) is 0 Å². The number of ether oxygens (including phenoxy) is 1. The van der Waals surface area contributed by atoms with Crippen LogP contribution >= 0.6 is 0 Å². The first-order valence-corrected chi connectivity index (χ1v) is 7.58. The summed E-state index contributed by atoms with van der Waals surface area (Å²) >= 11 is 0. The highest BCUT2D eigenvalue weighted by molar-refractivity contribution is 5.96. The molecule has 1 aromatic carbocycles. The summed E-state index contributed by atoms with van der Waals surface area (Å²) in [5, 5.41) is 11.1. The van der Waals surface area contributed by atoms with E-state index in [-0.39, 0.29) is 5.91 Å². The third-order valence-electron chi connectivity index (χ3n) is 3.45. The maximum Gasteiger partial charge on any atom is 0.255 e. The quantitative estimate of drug-likeness (QED) is 0.757. The maximum atomic E-state index is 12.3. The highest BCUT2D eigenvalue weighted by atomic mass is 16.5. The number of nitrogens with one attached hydrogen (secondary N) is 1. The number of pyridine rings is 1. The standard InChI is InChI=1S/C17H18N4O2/c1-2-23-14-8-4-3-7-13(14)17(22)18-11-10-16-20-19-15-9-5-6-12-21(15)16/h3-9,12H,2,10-11H2,1H3,(H,18,22). The summed E-state index contributed by atoms with van der Waals surface area (Å²) in [6.07, 6.45) is 2.52. The van der Waals surface area contributed by atoms with Gasteiger partial charge in [0.15, 0.2) is 5.65 Å². The van der Waals surface area contributed by atoms with E-state index in [1.165, 1.54) is 0 Å². The van der Waals surface area contributed by atoms with E-state index in [1.54, 1.807) is 12.1 Å². The Morgan fingerprint density at radius 3 is 2.87 bits per heavy atom. The molecular weight excluding hydrogens is 292 g/mol. The summed E-state index contributed by atoms with van der Waals surface area (Å²) in [7, 11) is 0. The zero-order valence-corrected chi connectivity index (χ0v) is 12.9. The van der Waals surface area contributed by atoms with Gasteiger partial charge in [-0.3, -0.25) is 9.20 Å². The van der Waals surface area contributed by atoms with Crippen molar-refractivity contribution in [3.63, 3.8) is 0 Å². The van der Waals surface area contributed by atoms with Gasteiger partial charge in [-0.05, 0) is 31.2 Å². The molecule has 0 radical (unpaired) electrons. The van der Waals surface area contributed by atoms with Crippen molar-refractivity contribution >= 4 is 11.6 Å².